The standard InChI is InChI=1S/C24H23N3O3/c1-29-19-6-4-5-17(11-19)23-15-30-10-3-2-7-22-20-9-8-16(18-13-25-26-14-18)12-21(20)24(28)27(22)23/h2-6,8-9,11-14,22-23H,7,10,15H2,1H3,(H,25,26)/t22?,23-/m1/s1. The molecule has 0 aliphatic carbocycles. The molecule has 0 radical (unpaired) electrons. The lowest BCUT2D eigenvalue weighted by molar-refractivity contribution is 0.0410. The molecule has 1 aromatic heterocycles. The molecule has 30 heavy (non-hydrogen) atoms. The lowest BCUT2D eigenvalue weighted by Gasteiger charge is -2.33. The van der Waals surface area contributed by atoms with Gasteiger partial charge in [0.1, 0.15) is 5.75 Å². The van der Waals surface area contributed by atoms with Crippen molar-refractivity contribution in [2.75, 3.05) is 20.3 Å². The molecule has 6 heteroatoms. The Morgan fingerprint density at radius 2 is 2.07 bits per heavy atom. The molecule has 0 fully saturated rings. The van der Waals surface area contributed by atoms with Gasteiger partial charge >= 0.3 is 0 Å². The molecule has 1 amide bonds. The number of H-pyrrole nitrogens is 1. The number of carbonyl (C=O) groups excluding carboxylic acids is 1. The number of rotatable bonds is 3. The van der Waals surface area contributed by atoms with Crippen LogP contribution >= 0.6 is 0 Å². The van der Waals surface area contributed by atoms with Crippen molar-refractivity contribution in [3.63, 3.8) is 0 Å². The van der Waals surface area contributed by atoms with Crippen LogP contribution in [0.25, 0.3) is 11.1 Å². The third kappa shape index (κ3) is 3.19. The van der Waals surface area contributed by atoms with Crippen LogP contribution in [0.4, 0.5) is 0 Å². The Morgan fingerprint density at radius 1 is 1.13 bits per heavy atom. The molecule has 0 spiro atoms. The summed E-state index contributed by atoms with van der Waals surface area (Å²) in [6.07, 6.45) is 8.51. The Labute approximate surface area is 175 Å². The van der Waals surface area contributed by atoms with Crippen LogP contribution < -0.4 is 4.74 Å². The fourth-order valence-corrected chi connectivity index (χ4v) is 4.38. The van der Waals surface area contributed by atoms with Crippen molar-refractivity contribution in [1.82, 2.24) is 15.1 Å². The zero-order valence-electron chi connectivity index (χ0n) is 16.7. The van der Waals surface area contributed by atoms with Crippen LogP contribution in [0.5, 0.6) is 5.75 Å². The highest BCUT2D eigenvalue weighted by atomic mass is 16.5. The number of benzene rings is 2. The zero-order chi connectivity index (χ0) is 20.5. The second-order valence-electron chi connectivity index (χ2n) is 7.55. The van der Waals surface area contributed by atoms with Crippen LogP contribution in [-0.4, -0.2) is 41.3 Å². The van der Waals surface area contributed by atoms with Crippen LogP contribution in [0.3, 0.4) is 0 Å². The Balaban J connectivity index is 1.59. The molecule has 2 aliphatic rings. The van der Waals surface area contributed by atoms with Gasteiger partial charge in [0.25, 0.3) is 5.91 Å². The van der Waals surface area contributed by atoms with Crippen molar-refractivity contribution in [3.8, 4) is 16.9 Å². The lowest BCUT2D eigenvalue weighted by Crippen LogP contribution is -2.35. The molecule has 3 aromatic rings. The molecular formula is C24H23N3O3. The summed E-state index contributed by atoms with van der Waals surface area (Å²) in [4.78, 5) is 15.6. The van der Waals surface area contributed by atoms with E-state index in [4.69, 9.17) is 9.47 Å². The first-order chi connectivity index (χ1) is 14.8. The second kappa shape index (κ2) is 7.80. The van der Waals surface area contributed by atoms with E-state index >= 15 is 0 Å². The summed E-state index contributed by atoms with van der Waals surface area (Å²) in [5.41, 5.74) is 4.77. The quantitative estimate of drug-likeness (QED) is 0.665. The summed E-state index contributed by atoms with van der Waals surface area (Å²) in [6, 6.07) is 13.8. The number of methoxy groups -OCH3 is 1. The van der Waals surface area contributed by atoms with Crippen molar-refractivity contribution in [2.45, 2.75) is 18.5 Å². The highest BCUT2D eigenvalue weighted by molar-refractivity contribution is 6.00. The molecule has 3 heterocycles. The number of nitrogens with one attached hydrogen (secondary N) is 1. The number of nitrogens with zero attached hydrogens (tertiary/aromatic N) is 2. The third-order valence-electron chi connectivity index (χ3n) is 5.87. The van der Waals surface area contributed by atoms with Gasteiger partial charge in [0.05, 0.1) is 38.6 Å². The maximum Gasteiger partial charge on any atom is 0.255 e. The number of ether oxygens (including phenoxy) is 2. The van der Waals surface area contributed by atoms with Gasteiger partial charge in [-0.1, -0.05) is 36.4 Å². The van der Waals surface area contributed by atoms with E-state index in [-0.39, 0.29) is 18.0 Å². The van der Waals surface area contributed by atoms with Crippen molar-refractivity contribution in [1.29, 1.82) is 0 Å². The normalized spacial score (nSPS) is 20.8. The van der Waals surface area contributed by atoms with Gasteiger partial charge in [-0.25, -0.2) is 0 Å². The van der Waals surface area contributed by atoms with Crippen molar-refractivity contribution < 1.29 is 14.3 Å². The van der Waals surface area contributed by atoms with E-state index < -0.39 is 0 Å². The van der Waals surface area contributed by atoms with Gasteiger partial charge in [-0.3, -0.25) is 9.89 Å². The second-order valence-corrected chi connectivity index (χ2v) is 7.55. The SMILES string of the molecule is COc1cccc([C@H]2COCC=CCC3c4ccc(-c5cn[nH]c5)cc4C(=O)N32)c1. The van der Waals surface area contributed by atoms with Gasteiger partial charge in [0.2, 0.25) is 0 Å². The van der Waals surface area contributed by atoms with Crippen molar-refractivity contribution in [3.05, 3.63) is 83.7 Å². The largest absolute Gasteiger partial charge is 0.497 e. The molecule has 6 nitrogen and oxygen atoms in total. The predicted molar refractivity (Wildman–Crippen MR) is 113 cm³/mol. The molecule has 2 atom stereocenters. The summed E-state index contributed by atoms with van der Waals surface area (Å²) in [5.74, 6) is 0.806. The summed E-state index contributed by atoms with van der Waals surface area (Å²) in [6.45, 7) is 0.976. The van der Waals surface area contributed by atoms with E-state index in [0.717, 1.165) is 40.0 Å². The van der Waals surface area contributed by atoms with E-state index in [1.165, 1.54) is 0 Å². The molecule has 1 unspecified atom stereocenters. The summed E-state index contributed by atoms with van der Waals surface area (Å²) < 4.78 is 11.3. The zero-order valence-corrected chi connectivity index (χ0v) is 16.7. The molecule has 1 N–H and O–H groups in total. The molecular weight excluding hydrogens is 378 g/mol. The van der Waals surface area contributed by atoms with E-state index in [9.17, 15) is 4.79 Å². The Morgan fingerprint density at radius 3 is 2.90 bits per heavy atom. The van der Waals surface area contributed by atoms with Crippen LogP contribution in [0.2, 0.25) is 0 Å². The molecule has 2 aromatic carbocycles. The van der Waals surface area contributed by atoms with E-state index in [0.29, 0.717) is 13.2 Å². The van der Waals surface area contributed by atoms with Crippen molar-refractivity contribution in [2.24, 2.45) is 0 Å². The van der Waals surface area contributed by atoms with Gasteiger partial charge < -0.3 is 14.4 Å². The molecule has 152 valence electrons. The number of aromatic nitrogens is 2. The summed E-state index contributed by atoms with van der Waals surface area (Å²) in [5, 5.41) is 6.87. The highest BCUT2D eigenvalue weighted by Gasteiger charge is 2.41. The molecule has 2 aliphatic heterocycles. The van der Waals surface area contributed by atoms with Gasteiger partial charge in [-0.05, 0) is 41.3 Å². The minimum Gasteiger partial charge on any atom is -0.497 e. The highest BCUT2D eigenvalue weighted by Crippen LogP contribution is 2.44. The Hall–Kier alpha value is -3.38. The first kappa shape index (κ1) is 18.6. The summed E-state index contributed by atoms with van der Waals surface area (Å²) in [7, 11) is 1.65. The number of carbonyl (C=O) groups is 1. The Kier molecular flexibility index (Phi) is 4.85. The van der Waals surface area contributed by atoms with Gasteiger partial charge in [0.15, 0.2) is 0 Å². The number of aromatic amines is 1. The van der Waals surface area contributed by atoms with Gasteiger partial charge in [-0.2, -0.15) is 5.10 Å². The number of fused-ring (bicyclic) bond motifs is 3. The average molecular weight is 401 g/mol. The minimum atomic E-state index is -0.192. The third-order valence-corrected chi connectivity index (χ3v) is 5.87. The molecule has 0 saturated heterocycles. The average Bonchev–Trinajstić information content (AvgIpc) is 3.42. The van der Waals surface area contributed by atoms with Gasteiger partial charge in [0, 0.05) is 17.3 Å². The minimum absolute atomic E-state index is 0.0277. The monoisotopic (exact) mass is 401 g/mol. The van der Waals surface area contributed by atoms with E-state index in [2.05, 4.69) is 28.4 Å². The molecule has 5 rings (SSSR count). The first-order valence-electron chi connectivity index (χ1n) is 10.1. The number of hydrogen-bond donors (Lipinski definition) is 1. The Bertz CT molecular complexity index is 1090. The van der Waals surface area contributed by atoms with E-state index in [1.54, 1.807) is 13.3 Å². The van der Waals surface area contributed by atoms with Crippen LogP contribution in [0.15, 0.2) is 67.0 Å². The number of amides is 1. The lowest BCUT2D eigenvalue weighted by atomic mass is 9.97. The van der Waals surface area contributed by atoms with Crippen LogP contribution in [0, 0.1) is 0 Å². The smallest absolute Gasteiger partial charge is 0.255 e. The number of hydrogen-bond acceptors (Lipinski definition) is 4. The predicted octanol–water partition coefficient (Wildman–Crippen LogP) is 4.30. The molecule has 0 bridgehead atoms. The van der Waals surface area contributed by atoms with Crippen LogP contribution in [-0.2, 0) is 4.74 Å². The maximum atomic E-state index is 13.7. The van der Waals surface area contributed by atoms with Gasteiger partial charge in [-0.15, -0.1) is 0 Å². The van der Waals surface area contributed by atoms with Crippen molar-refractivity contribution >= 4 is 5.91 Å². The topological polar surface area (TPSA) is 67.5 Å². The molecule has 0 saturated carbocycles. The fraction of sp³-hybridized carbons (Fsp3) is 0.250. The van der Waals surface area contributed by atoms with E-state index in [1.807, 2.05) is 47.5 Å². The fourth-order valence-electron chi connectivity index (χ4n) is 4.38. The first-order valence-corrected chi connectivity index (χ1v) is 10.1. The maximum absolute atomic E-state index is 13.7. The summed E-state index contributed by atoms with van der Waals surface area (Å²) >= 11 is 0. The van der Waals surface area contributed by atoms with Crippen LogP contribution in [0.1, 0.15) is 40.0 Å².